The van der Waals surface area contributed by atoms with Gasteiger partial charge in [0.05, 0.1) is 12.3 Å². The Labute approximate surface area is 205 Å². The third-order valence-electron chi connectivity index (χ3n) is 6.19. The van der Waals surface area contributed by atoms with E-state index >= 15 is 0 Å². The SMILES string of the molecule is CC(C)(C)[S@@+]([O-])/N=C/c1ccc2c(c1)CC[C@H](NC(=O)c1ccc(OC[C@@H]3CCCO3)cc1)C2. The Balaban J connectivity index is 1.29. The quantitative estimate of drug-likeness (QED) is 0.468. The van der Waals surface area contributed by atoms with Gasteiger partial charge in [0.1, 0.15) is 28.5 Å². The molecule has 2 aromatic carbocycles. The molecule has 7 heteroatoms. The van der Waals surface area contributed by atoms with E-state index < -0.39 is 11.4 Å². The van der Waals surface area contributed by atoms with Crippen LogP contribution in [0.15, 0.2) is 46.9 Å². The van der Waals surface area contributed by atoms with Crippen LogP contribution in [0.2, 0.25) is 0 Å². The molecule has 1 N–H and O–H groups in total. The van der Waals surface area contributed by atoms with Crippen molar-refractivity contribution in [2.45, 2.75) is 69.8 Å². The van der Waals surface area contributed by atoms with E-state index in [4.69, 9.17) is 9.47 Å². The highest BCUT2D eigenvalue weighted by molar-refractivity contribution is 7.91. The standard InChI is InChI=1S/C27H34N2O4S/c1-27(2,3)34(31)28-17-19-6-7-22-16-23(11-8-21(22)15-19)29-26(30)20-9-12-24(13-10-20)33-18-25-5-4-14-32-25/h6-7,9-10,12-13,15,17,23,25H,4-5,8,11,14,16,18H2,1-3H3,(H,29,30)/b28-17+/t23-,25-,34+/m0/s1. The minimum atomic E-state index is -1.27. The van der Waals surface area contributed by atoms with Gasteiger partial charge in [0.15, 0.2) is 0 Å². The lowest BCUT2D eigenvalue weighted by Gasteiger charge is -2.26. The van der Waals surface area contributed by atoms with E-state index in [-0.39, 0.29) is 22.8 Å². The number of carbonyl (C=O) groups excluding carboxylic acids is 1. The molecular weight excluding hydrogens is 448 g/mol. The Morgan fingerprint density at radius 3 is 2.71 bits per heavy atom. The van der Waals surface area contributed by atoms with E-state index in [2.05, 4.69) is 21.8 Å². The van der Waals surface area contributed by atoms with Crippen LogP contribution in [0.4, 0.5) is 0 Å². The Kier molecular flexibility index (Phi) is 7.96. The number of carbonyl (C=O) groups is 1. The number of benzene rings is 2. The van der Waals surface area contributed by atoms with E-state index in [1.807, 2.05) is 51.1 Å². The van der Waals surface area contributed by atoms with Gasteiger partial charge in [-0.2, -0.15) is 0 Å². The van der Waals surface area contributed by atoms with Crippen molar-refractivity contribution in [3.8, 4) is 5.75 Å². The van der Waals surface area contributed by atoms with E-state index in [1.165, 1.54) is 11.1 Å². The maximum atomic E-state index is 12.8. The molecule has 1 aliphatic carbocycles. The number of nitrogens with zero attached hydrogens (tertiary/aromatic N) is 1. The molecular formula is C27H34N2O4S. The van der Waals surface area contributed by atoms with Gasteiger partial charge in [-0.15, -0.1) is 0 Å². The molecule has 6 nitrogen and oxygen atoms in total. The maximum absolute atomic E-state index is 12.8. The van der Waals surface area contributed by atoms with Crippen molar-refractivity contribution in [1.82, 2.24) is 5.32 Å². The number of hydrogen-bond acceptors (Lipinski definition) is 5. The molecule has 4 rings (SSSR count). The van der Waals surface area contributed by atoms with Crippen molar-refractivity contribution < 1.29 is 18.8 Å². The van der Waals surface area contributed by atoms with E-state index in [0.29, 0.717) is 12.2 Å². The van der Waals surface area contributed by atoms with Crippen LogP contribution in [0.1, 0.15) is 67.1 Å². The molecule has 0 aromatic heterocycles. The summed E-state index contributed by atoms with van der Waals surface area (Å²) in [6.07, 6.45) is 6.58. The molecule has 0 radical (unpaired) electrons. The molecule has 1 saturated heterocycles. The van der Waals surface area contributed by atoms with Crippen LogP contribution >= 0.6 is 0 Å². The Bertz CT molecular complexity index is 1010. The lowest BCUT2D eigenvalue weighted by atomic mass is 9.87. The second-order valence-corrected chi connectivity index (χ2v) is 11.9. The minimum Gasteiger partial charge on any atom is -0.591 e. The van der Waals surface area contributed by atoms with Crippen LogP contribution in [0, 0.1) is 0 Å². The number of ether oxygens (including phenoxy) is 2. The van der Waals surface area contributed by atoms with Crippen LogP contribution in [-0.4, -0.2) is 46.8 Å². The maximum Gasteiger partial charge on any atom is 0.251 e. The predicted molar refractivity (Wildman–Crippen MR) is 136 cm³/mol. The van der Waals surface area contributed by atoms with Crippen LogP contribution in [0.5, 0.6) is 5.75 Å². The summed E-state index contributed by atoms with van der Waals surface area (Å²) < 4.78 is 27.4. The summed E-state index contributed by atoms with van der Waals surface area (Å²) >= 11 is -1.27. The Morgan fingerprint density at radius 1 is 1.21 bits per heavy atom. The molecule has 3 atom stereocenters. The van der Waals surface area contributed by atoms with Gasteiger partial charge in [-0.05, 0) is 99.9 Å². The average molecular weight is 483 g/mol. The summed E-state index contributed by atoms with van der Waals surface area (Å²) in [4.78, 5) is 12.8. The largest absolute Gasteiger partial charge is 0.591 e. The molecule has 2 aromatic rings. The molecule has 1 heterocycles. The monoisotopic (exact) mass is 482 g/mol. The lowest BCUT2D eigenvalue weighted by molar-refractivity contribution is 0.0679. The van der Waals surface area contributed by atoms with Gasteiger partial charge in [0.25, 0.3) is 5.91 Å². The van der Waals surface area contributed by atoms with Gasteiger partial charge in [-0.25, -0.2) is 0 Å². The Morgan fingerprint density at radius 2 is 2.00 bits per heavy atom. The molecule has 182 valence electrons. The summed E-state index contributed by atoms with van der Waals surface area (Å²) in [5, 5.41) is 3.18. The first-order valence-electron chi connectivity index (χ1n) is 12.0. The van der Waals surface area contributed by atoms with Crippen molar-refractivity contribution in [1.29, 1.82) is 0 Å². The van der Waals surface area contributed by atoms with E-state index in [9.17, 15) is 9.35 Å². The number of nitrogens with one attached hydrogen (secondary N) is 1. The molecule has 2 aliphatic rings. The fourth-order valence-corrected chi connectivity index (χ4v) is 4.72. The highest BCUT2D eigenvalue weighted by Crippen LogP contribution is 2.24. The van der Waals surface area contributed by atoms with Crippen molar-refractivity contribution in [3.05, 3.63) is 64.7 Å². The smallest absolute Gasteiger partial charge is 0.251 e. The zero-order valence-electron chi connectivity index (χ0n) is 20.2. The third kappa shape index (κ3) is 6.62. The zero-order valence-corrected chi connectivity index (χ0v) is 21.0. The normalized spacial score (nSPS) is 21.3. The highest BCUT2D eigenvalue weighted by atomic mass is 32.2. The summed E-state index contributed by atoms with van der Waals surface area (Å²) in [7, 11) is 0. The predicted octanol–water partition coefficient (Wildman–Crippen LogP) is 4.41. The van der Waals surface area contributed by atoms with Gasteiger partial charge in [0.2, 0.25) is 0 Å². The molecule has 0 bridgehead atoms. The van der Waals surface area contributed by atoms with Crippen molar-refractivity contribution in [3.63, 3.8) is 0 Å². The highest BCUT2D eigenvalue weighted by Gasteiger charge is 2.26. The fourth-order valence-electron chi connectivity index (χ4n) is 4.18. The molecule has 0 spiro atoms. The van der Waals surface area contributed by atoms with E-state index in [0.717, 1.165) is 50.0 Å². The number of rotatable bonds is 7. The zero-order chi connectivity index (χ0) is 24.1. The first kappa shape index (κ1) is 24.8. The average Bonchev–Trinajstić information content (AvgIpc) is 3.34. The van der Waals surface area contributed by atoms with Crippen LogP contribution < -0.4 is 10.1 Å². The van der Waals surface area contributed by atoms with Crippen LogP contribution in [-0.2, 0) is 28.9 Å². The number of fused-ring (bicyclic) bond motifs is 1. The second kappa shape index (κ2) is 10.9. The first-order chi connectivity index (χ1) is 16.3. The first-order valence-corrected chi connectivity index (χ1v) is 13.1. The van der Waals surface area contributed by atoms with Gasteiger partial charge in [-0.1, -0.05) is 16.5 Å². The third-order valence-corrected chi connectivity index (χ3v) is 7.54. The summed E-state index contributed by atoms with van der Waals surface area (Å²) in [6.45, 7) is 7.10. The van der Waals surface area contributed by atoms with E-state index in [1.54, 1.807) is 6.21 Å². The molecule has 1 fully saturated rings. The molecule has 34 heavy (non-hydrogen) atoms. The van der Waals surface area contributed by atoms with Gasteiger partial charge < -0.3 is 19.3 Å². The molecule has 0 saturated carbocycles. The lowest BCUT2D eigenvalue weighted by Crippen LogP contribution is -2.38. The summed E-state index contributed by atoms with van der Waals surface area (Å²) in [5.41, 5.74) is 4.10. The number of hydrogen-bond donors (Lipinski definition) is 1. The molecule has 0 unspecified atom stereocenters. The number of amides is 1. The summed E-state index contributed by atoms with van der Waals surface area (Å²) in [6, 6.07) is 13.6. The number of aryl methyl sites for hydroxylation is 1. The summed E-state index contributed by atoms with van der Waals surface area (Å²) in [5.74, 6) is 0.692. The van der Waals surface area contributed by atoms with Crippen molar-refractivity contribution >= 4 is 23.5 Å². The topological polar surface area (TPSA) is 83.0 Å². The van der Waals surface area contributed by atoms with Crippen molar-refractivity contribution in [2.75, 3.05) is 13.2 Å². The second-order valence-electron chi connectivity index (χ2n) is 10.0. The van der Waals surface area contributed by atoms with Crippen LogP contribution in [0.3, 0.4) is 0 Å². The van der Waals surface area contributed by atoms with Gasteiger partial charge in [0, 0.05) is 18.2 Å². The van der Waals surface area contributed by atoms with Crippen molar-refractivity contribution in [2.24, 2.45) is 4.40 Å². The van der Waals surface area contributed by atoms with Gasteiger partial charge >= 0.3 is 0 Å². The Hall–Kier alpha value is -2.35. The van der Waals surface area contributed by atoms with Crippen LogP contribution in [0.25, 0.3) is 0 Å². The minimum absolute atomic E-state index is 0.0625. The van der Waals surface area contributed by atoms with Gasteiger partial charge in [-0.3, -0.25) is 4.79 Å². The molecule has 1 aliphatic heterocycles. The molecule has 1 amide bonds. The fraction of sp³-hybridized carbons (Fsp3) is 0.481.